The molecule has 0 aliphatic heterocycles. The number of hydrogen-bond donors (Lipinski definition) is 0. The molecule has 0 saturated heterocycles. The van der Waals surface area contributed by atoms with Crippen LogP contribution in [0.1, 0.15) is 39.5 Å². The molecule has 0 saturated carbocycles. The second kappa shape index (κ2) is 11.2. The van der Waals surface area contributed by atoms with Crippen molar-refractivity contribution in [3.63, 3.8) is 0 Å². The molecule has 0 bridgehead atoms. The van der Waals surface area contributed by atoms with E-state index in [-0.39, 0.29) is 24.8 Å². The number of alkyl halides is 2. The molecular formula is C12H20I2O4. The maximum atomic E-state index is 11.4. The molecular weight excluding hydrogens is 462 g/mol. The van der Waals surface area contributed by atoms with E-state index in [4.69, 9.17) is 9.47 Å². The monoisotopic (exact) mass is 482 g/mol. The molecule has 0 aromatic rings. The molecule has 0 heterocycles. The number of ether oxygens (including phenoxy) is 2. The molecule has 6 heteroatoms. The molecule has 0 spiro atoms. The third-order valence-corrected chi connectivity index (χ3v) is 5.88. The molecule has 0 fully saturated rings. The molecule has 18 heavy (non-hydrogen) atoms. The number of hydrogen-bond acceptors (Lipinski definition) is 4. The van der Waals surface area contributed by atoms with Crippen LogP contribution in [-0.2, 0) is 19.1 Å². The fraction of sp³-hybridized carbons (Fsp3) is 0.833. The third-order valence-electron chi connectivity index (χ3n) is 2.20. The summed E-state index contributed by atoms with van der Waals surface area (Å²) < 4.78 is 10.8. The van der Waals surface area contributed by atoms with Gasteiger partial charge < -0.3 is 9.47 Å². The summed E-state index contributed by atoms with van der Waals surface area (Å²) in [6.45, 7) is 4.93. The minimum Gasteiger partial charge on any atom is -0.466 e. The number of halogens is 2. The zero-order valence-electron chi connectivity index (χ0n) is 10.8. The van der Waals surface area contributed by atoms with Gasteiger partial charge in [0.25, 0.3) is 0 Å². The van der Waals surface area contributed by atoms with Crippen molar-refractivity contribution in [2.24, 2.45) is 0 Å². The van der Waals surface area contributed by atoms with E-state index < -0.39 is 0 Å². The number of carbonyl (C=O) groups excluding carboxylic acids is 2. The molecule has 0 rings (SSSR count). The number of esters is 2. The summed E-state index contributed by atoms with van der Waals surface area (Å²) in [5.41, 5.74) is 0. The van der Waals surface area contributed by atoms with E-state index in [0.29, 0.717) is 21.1 Å². The van der Waals surface area contributed by atoms with Crippen LogP contribution in [0.4, 0.5) is 0 Å². The Morgan fingerprint density at radius 3 is 2.17 bits per heavy atom. The van der Waals surface area contributed by atoms with Crippen molar-refractivity contribution in [1.29, 1.82) is 0 Å². The van der Waals surface area contributed by atoms with Gasteiger partial charge in [-0.3, -0.25) is 9.59 Å². The minimum absolute atomic E-state index is 0.101. The summed E-state index contributed by atoms with van der Waals surface area (Å²) in [5.74, 6) is -0.658. The van der Waals surface area contributed by atoms with Crippen molar-refractivity contribution in [3.8, 4) is 0 Å². The molecule has 4 nitrogen and oxygen atoms in total. The zero-order valence-corrected chi connectivity index (χ0v) is 15.1. The average molecular weight is 482 g/mol. The van der Waals surface area contributed by atoms with Crippen LogP contribution in [0.25, 0.3) is 0 Å². The molecule has 0 radical (unpaired) electrons. The highest BCUT2D eigenvalue weighted by Gasteiger charge is 2.14. The fourth-order valence-electron chi connectivity index (χ4n) is 0.984. The Labute approximate surface area is 136 Å². The molecule has 0 amide bonds. The average Bonchev–Trinajstić information content (AvgIpc) is 2.33. The van der Waals surface area contributed by atoms with E-state index in [9.17, 15) is 9.59 Å². The second-order valence-electron chi connectivity index (χ2n) is 3.95. The summed E-state index contributed by atoms with van der Waals surface area (Å²) in [7, 11) is 0. The van der Waals surface area contributed by atoms with Gasteiger partial charge in [-0.1, -0.05) is 65.5 Å². The first kappa shape index (κ1) is 18.4. The predicted molar refractivity (Wildman–Crippen MR) is 87.4 cm³/mol. The van der Waals surface area contributed by atoms with Gasteiger partial charge in [0, 0.05) is 3.92 Å². The maximum absolute atomic E-state index is 11.4. The van der Waals surface area contributed by atoms with Gasteiger partial charge in [-0.25, -0.2) is 0 Å². The number of carbonyl (C=O) groups is 2. The molecule has 0 N–H and O–H groups in total. The van der Waals surface area contributed by atoms with Crippen molar-refractivity contribution in [3.05, 3.63) is 0 Å². The predicted octanol–water partition coefficient (Wildman–Crippen LogP) is 3.28. The lowest BCUT2D eigenvalue weighted by molar-refractivity contribution is -0.150. The van der Waals surface area contributed by atoms with Crippen molar-refractivity contribution in [1.82, 2.24) is 0 Å². The van der Waals surface area contributed by atoms with E-state index in [1.807, 2.05) is 6.92 Å². The summed E-state index contributed by atoms with van der Waals surface area (Å²) >= 11 is 4.55. The molecule has 0 aliphatic carbocycles. The summed E-state index contributed by atoms with van der Waals surface area (Å²) in [6, 6.07) is 0. The van der Waals surface area contributed by atoms with E-state index in [1.165, 1.54) is 0 Å². The van der Waals surface area contributed by atoms with Crippen molar-refractivity contribution in [2.45, 2.75) is 47.4 Å². The minimum atomic E-state index is -0.332. The first-order valence-electron chi connectivity index (χ1n) is 6.06. The maximum Gasteiger partial charge on any atom is 0.306 e. The molecule has 0 aromatic carbocycles. The van der Waals surface area contributed by atoms with Gasteiger partial charge in [0.2, 0.25) is 0 Å². The van der Waals surface area contributed by atoms with E-state index in [2.05, 4.69) is 52.1 Å². The summed E-state index contributed by atoms with van der Waals surface area (Å²) in [5, 5.41) is 0. The van der Waals surface area contributed by atoms with Gasteiger partial charge in [-0.05, 0) is 6.42 Å². The first-order chi connectivity index (χ1) is 8.47. The quantitative estimate of drug-likeness (QED) is 0.219. The van der Waals surface area contributed by atoms with Gasteiger partial charge in [0.05, 0.1) is 23.4 Å². The van der Waals surface area contributed by atoms with Gasteiger partial charge in [-0.2, -0.15) is 0 Å². The van der Waals surface area contributed by atoms with Gasteiger partial charge >= 0.3 is 11.9 Å². The lowest BCUT2D eigenvalue weighted by Gasteiger charge is -2.12. The fourth-order valence-corrected chi connectivity index (χ4v) is 1.37. The Morgan fingerprint density at radius 1 is 1.11 bits per heavy atom. The Balaban J connectivity index is 3.61. The van der Waals surface area contributed by atoms with Gasteiger partial charge in [0.15, 0.2) is 0 Å². The van der Waals surface area contributed by atoms with Gasteiger partial charge in [-0.15, -0.1) is 0 Å². The number of rotatable bonds is 9. The highest BCUT2D eigenvalue weighted by Crippen LogP contribution is 2.15. The second-order valence-corrected chi connectivity index (χ2v) is 7.52. The van der Waals surface area contributed by atoms with Crippen LogP contribution in [0.5, 0.6) is 0 Å². The standard InChI is InChI=1S/C12H20I2O4/c1-3-4-7-17-11(15)5-6-12(16)18-8-10(14)9(2)13/h9-10H,3-8H2,1-2H3. The molecule has 0 aliphatic rings. The van der Waals surface area contributed by atoms with Crippen LogP contribution in [0.15, 0.2) is 0 Å². The highest BCUT2D eigenvalue weighted by atomic mass is 127. The summed E-state index contributed by atoms with van der Waals surface area (Å²) in [4.78, 5) is 22.6. The third kappa shape index (κ3) is 10.3. The van der Waals surface area contributed by atoms with Crippen molar-refractivity contribution in [2.75, 3.05) is 13.2 Å². The SMILES string of the molecule is CCCCOC(=O)CCC(=O)OCC(I)C(C)I. The van der Waals surface area contributed by atoms with Crippen LogP contribution < -0.4 is 0 Å². The Bertz CT molecular complexity index is 256. The topological polar surface area (TPSA) is 52.6 Å². The Hall–Kier alpha value is 0.400. The Morgan fingerprint density at radius 2 is 1.67 bits per heavy atom. The van der Waals surface area contributed by atoms with E-state index in [1.54, 1.807) is 0 Å². The summed E-state index contributed by atoms with van der Waals surface area (Å²) in [6.07, 6.45) is 2.05. The van der Waals surface area contributed by atoms with E-state index >= 15 is 0 Å². The lowest BCUT2D eigenvalue weighted by Crippen LogP contribution is -2.20. The smallest absolute Gasteiger partial charge is 0.306 e. The lowest BCUT2D eigenvalue weighted by atomic mass is 10.3. The molecule has 106 valence electrons. The van der Waals surface area contributed by atoms with Crippen LogP contribution >= 0.6 is 45.2 Å². The molecule has 2 atom stereocenters. The van der Waals surface area contributed by atoms with Crippen LogP contribution in [0, 0.1) is 0 Å². The van der Waals surface area contributed by atoms with Crippen LogP contribution in [0.2, 0.25) is 0 Å². The van der Waals surface area contributed by atoms with Gasteiger partial charge in [0.1, 0.15) is 6.61 Å². The van der Waals surface area contributed by atoms with Crippen molar-refractivity contribution < 1.29 is 19.1 Å². The normalized spacial score (nSPS) is 13.8. The van der Waals surface area contributed by atoms with E-state index in [0.717, 1.165) is 12.8 Å². The Kier molecular flexibility index (Phi) is 11.5. The molecule has 2 unspecified atom stereocenters. The largest absolute Gasteiger partial charge is 0.466 e. The first-order valence-corrected chi connectivity index (χ1v) is 8.55. The van der Waals surface area contributed by atoms with Crippen LogP contribution in [0.3, 0.4) is 0 Å². The molecule has 0 aromatic heterocycles. The van der Waals surface area contributed by atoms with Crippen molar-refractivity contribution >= 4 is 57.1 Å². The number of unbranched alkanes of at least 4 members (excludes halogenated alkanes) is 1. The van der Waals surface area contributed by atoms with Crippen LogP contribution in [-0.4, -0.2) is 33.0 Å². The zero-order chi connectivity index (χ0) is 14.0. The highest BCUT2D eigenvalue weighted by molar-refractivity contribution is 14.1.